The Morgan fingerprint density at radius 1 is 1.39 bits per heavy atom. The van der Waals surface area contributed by atoms with Crippen LogP contribution in [-0.2, 0) is 11.8 Å². The van der Waals surface area contributed by atoms with Gasteiger partial charge in [-0.25, -0.2) is 0 Å². The van der Waals surface area contributed by atoms with Crippen molar-refractivity contribution >= 4 is 5.69 Å². The van der Waals surface area contributed by atoms with Crippen molar-refractivity contribution in [3.63, 3.8) is 0 Å². The summed E-state index contributed by atoms with van der Waals surface area (Å²) in [7, 11) is 0. The standard InChI is InChI=1S/C16H23NO/c1-2-16-6-4-3-5-11(10-16)7-13-14(16)8-12(18)9-15(13)17/h8-9,11,18H,2-7,10,17H2,1H3/t11?,16-/m0/s1. The molecule has 0 amide bonds. The number of nitrogen functional groups attached to an aromatic ring is 1. The van der Waals surface area contributed by atoms with Gasteiger partial charge in [0.05, 0.1) is 0 Å². The Labute approximate surface area is 109 Å². The van der Waals surface area contributed by atoms with Gasteiger partial charge in [0.25, 0.3) is 0 Å². The van der Waals surface area contributed by atoms with Crippen LogP contribution < -0.4 is 5.73 Å². The van der Waals surface area contributed by atoms with Gasteiger partial charge in [-0.05, 0) is 54.2 Å². The first-order valence-corrected chi connectivity index (χ1v) is 7.26. The third-order valence-corrected chi connectivity index (χ3v) is 5.21. The average Bonchev–Trinajstić information content (AvgIpc) is 2.52. The highest BCUT2D eigenvalue weighted by atomic mass is 16.3. The molecular weight excluding hydrogens is 222 g/mol. The Morgan fingerprint density at radius 2 is 2.22 bits per heavy atom. The number of phenolic OH excluding ortho intramolecular Hbond substituents is 1. The predicted octanol–water partition coefficient (Wildman–Crippen LogP) is 3.76. The summed E-state index contributed by atoms with van der Waals surface area (Å²) in [5.74, 6) is 1.13. The van der Waals surface area contributed by atoms with E-state index in [1.165, 1.54) is 49.7 Å². The molecule has 0 heterocycles. The third-order valence-electron chi connectivity index (χ3n) is 5.21. The molecule has 2 aliphatic rings. The van der Waals surface area contributed by atoms with Crippen molar-refractivity contribution in [1.29, 1.82) is 0 Å². The van der Waals surface area contributed by atoms with E-state index in [-0.39, 0.29) is 5.41 Å². The zero-order chi connectivity index (χ0) is 12.8. The second kappa shape index (κ2) is 4.18. The summed E-state index contributed by atoms with van der Waals surface area (Å²) in [4.78, 5) is 0. The zero-order valence-electron chi connectivity index (χ0n) is 11.2. The molecule has 1 fully saturated rings. The molecule has 2 bridgehead atoms. The van der Waals surface area contributed by atoms with Crippen LogP contribution in [-0.4, -0.2) is 5.11 Å². The molecule has 0 saturated heterocycles. The van der Waals surface area contributed by atoms with E-state index in [1.54, 1.807) is 6.07 Å². The molecule has 18 heavy (non-hydrogen) atoms. The molecule has 0 aliphatic heterocycles. The van der Waals surface area contributed by atoms with E-state index >= 15 is 0 Å². The number of hydrogen-bond acceptors (Lipinski definition) is 2. The third kappa shape index (κ3) is 1.70. The van der Waals surface area contributed by atoms with Crippen LogP contribution in [0, 0.1) is 5.92 Å². The quantitative estimate of drug-likeness (QED) is 0.740. The van der Waals surface area contributed by atoms with E-state index in [2.05, 4.69) is 6.92 Å². The molecule has 2 heteroatoms. The molecule has 98 valence electrons. The van der Waals surface area contributed by atoms with Crippen molar-refractivity contribution in [3.05, 3.63) is 23.3 Å². The van der Waals surface area contributed by atoms with E-state index in [1.807, 2.05) is 6.07 Å². The van der Waals surface area contributed by atoms with Gasteiger partial charge < -0.3 is 10.8 Å². The summed E-state index contributed by atoms with van der Waals surface area (Å²) in [6.07, 6.45) is 8.85. The molecule has 2 nitrogen and oxygen atoms in total. The molecule has 0 spiro atoms. The minimum Gasteiger partial charge on any atom is -0.508 e. The van der Waals surface area contributed by atoms with Crippen molar-refractivity contribution in [2.45, 2.75) is 57.3 Å². The maximum absolute atomic E-state index is 9.87. The Hall–Kier alpha value is -1.18. The van der Waals surface area contributed by atoms with E-state index in [0.717, 1.165) is 18.0 Å². The zero-order valence-corrected chi connectivity index (χ0v) is 11.2. The first-order chi connectivity index (χ1) is 8.64. The minimum atomic E-state index is 0.279. The number of anilines is 1. The molecule has 0 radical (unpaired) electrons. The Morgan fingerprint density at radius 3 is 3.00 bits per heavy atom. The van der Waals surface area contributed by atoms with Gasteiger partial charge >= 0.3 is 0 Å². The summed E-state index contributed by atoms with van der Waals surface area (Å²) in [6, 6.07) is 3.70. The van der Waals surface area contributed by atoms with Gasteiger partial charge in [-0.1, -0.05) is 26.2 Å². The molecule has 1 aromatic carbocycles. The second-order valence-corrected chi connectivity index (χ2v) is 6.22. The highest BCUT2D eigenvalue weighted by Gasteiger charge is 2.41. The van der Waals surface area contributed by atoms with E-state index in [9.17, 15) is 5.11 Å². The number of benzene rings is 1. The van der Waals surface area contributed by atoms with Gasteiger partial charge in [0.1, 0.15) is 5.75 Å². The Kier molecular flexibility index (Phi) is 2.76. The van der Waals surface area contributed by atoms with Gasteiger partial charge in [0, 0.05) is 11.8 Å². The van der Waals surface area contributed by atoms with Crippen LogP contribution >= 0.6 is 0 Å². The maximum Gasteiger partial charge on any atom is 0.117 e. The summed E-state index contributed by atoms with van der Waals surface area (Å²) >= 11 is 0. The normalized spacial score (nSPS) is 30.6. The Balaban J connectivity index is 2.18. The first-order valence-electron chi connectivity index (χ1n) is 7.26. The monoisotopic (exact) mass is 245 g/mol. The molecule has 2 atom stereocenters. The number of nitrogens with two attached hydrogens (primary N) is 1. The maximum atomic E-state index is 9.87. The van der Waals surface area contributed by atoms with Gasteiger partial charge in [-0.2, -0.15) is 0 Å². The number of phenols is 1. The number of aromatic hydroxyl groups is 1. The minimum absolute atomic E-state index is 0.279. The van der Waals surface area contributed by atoms with Crippen molar-refractivity contribution in [3.8, 4) is 5.75 Å². The molecule has 1 aromatic rings. The number of hydrogen-bond donors (Lipinski definition) is 2. The Bertz CT molecular complexity index is 468. The van der Waals surface area contributed by atoms with Gasteiger partial charge in [-0.3, -0.25) is 0 Å². The van der Waals surface area contributed by atoms with E-state index < -0.39 is 0 Å². The molecule has 3 rings (SSSR count). The largest absolute Gasteiger partial charge is 0.508 e. The van der Waals surface area contributed by atoms with Crippen LogP contribution in [0.4, 0.5) is 5.69 Å². The fourth-order valence-corrected chi connectivity index (χ4v) is 4.25. The smallest absolute Gasteiger partial charge is 0.117 e. The number of rotatable bonds is 1. The lowest BCUT2D eigenvalue weighted by atomic mass is 9.63. The topological polar surface area (TPSA) is 46.2 Å². The molecule has 1 unspecified atom stereocenters. The molecule has 0 aromatic heterocycles. The summed E-state index contributed by atoms with van der Waals surface area (Å²) in [5, 5.41) is 9.87. The van der Waals surface area contributed by atoms with Crippen LogP contribution in [0.2, 0.25) is 0 Å². The molecule has 1 saturated carbocycles. The fourth-order valence-electron chi connectivity index (χ4n) is 4.25. The molecule has 2 aliphatic carbocycles. The van der Waals surface area contributed by atoms with E-state index in [0.29, 0.717) is 5.75 Å². The van der Waals surface area contributed by atoms with Gasteiger partial charge in [-0.15, -0.1) is 0 Å². The summed E-state index contributed by atoms with van der Waals surface area (Å²) in [5.41, 5.74) is 9.90. The lowest BCUT2D eigenvalue weighted by Gasteiger charge is -2.41. The van der Waals surface area contributed by atoms with Crippen LogP contribution in [0.5, 0.6) is 5.75 Å². The highest BCUT2D eigenvalue weighted by Crippen LogP contribution is 2.51. The summed E-state index contributed by atoms with van der Waals surface area (Å²) < 4.78 is 0. The van der Waals surface area contributed by atoms with E-state index in [4.69, 9.17) is 5.73 Å². The average molecular weight is 245 g/mol. The second-order valence-electron chi connectivity index (χ2n) is 6.22. The molecular formula is C16H23NO. The van der Waals surface area contributed by atoms with Crippen LogP contribution in [0.1, 0.15) is 56.6 Å². The summed E-state index contributed by atoms with van der Waals surface area (Å²) in [6.45, 7) is 2.29. The first kappa shape index (κ1) is 11.9. The molecule has 3 N–H and O–H groups in total. The lowest BCUT2D eigenvalue weighted by molar-refractivity contribution is 0.278. The van der Waals surface area contributed by atoms with Crippen LogP contribution in [0.25, 0.3) is 0 Å². The SMILES string of the molecule is CC[C@@]12CCCCC(Cc3c(N)cc(O)cc31)C2. The van der Waals surface area contributed by atoms with Gasteiger partial charge in [0.15, 0.2) is 0 Å². The number of fused-ring (bicyclic) bond motifs is 4. The van der Waals surface area contributed by atoms with Crippen LogP contribution in [0.15, 0.2) is 12.1 Å². The van der Waals surface area contributed by atoms with Gasteiger partial charge in [0.2, 0.25) is 0 Å². The fraction of sp³-hybridized carbons (Fsp3) is 0.625. The van der Waals surface area contributed by atoms with Crippen molar-refractivity contribution in [2.75, 3.05) is 5.73 Å². The van der Waals surface area contributed by atoms with Crippen molar-refractivity contribution in [1.82, 2.24) is 0 Å². The lowest BCUT2D eigenvalue weighted by Crippen LogP contribution is -2.33. The van der Waals surface area contributed by atoms with Crippen LogP contribution in [0.3, 0.4) is 0 Å². The van der Waals surface area contributed by atoms with Crippen molar-refractivity contribution < 1.29 is 5.11 Å². The highest BCUT2D eigenvalue weighted by molar-refractivity contribution is 5.58. The predicted molar refractivity (Wildman–Crippen MR) is 74.8 cm³/mol. The van der Waals surface area contributed by atoms with Crippen molar-refractivity contribution in [2.24, 2.45) is 5.92 Å².